The molecular formula is C21H24N4O4S. The molecular weight excluding hydrogens is 404 g/mol. The molecule has 0 radical (unpaired) electrons. The molecule has 1 atom stereocenters. The van der Waals surface area contributed by atoms with Crippen LogP contribution in [0.3, 0.4) is 0 Å². The first-order chi connectivity index (χ1) is 14.1. The topological polar surface area (TPSA) is 105 Å². The number of hydrogen-bond donors (Lipinski definition) is 1. The van der Waals surface area contributed by atoms with Crippen molar-refractivity contribution in [3.05, 3.63) is 65.5 Å². The van der Waals surface area contributed by atoms with Gasteiger partial charge in [0.1, 0.15) is 6.04 Å². The second-order valence-corrected chi connectivity index (χ2v) is 9.03. The van der Waals surface area contributed by atoms with Gasteiger partial charge in [-0.15, -0.1) is 0 Å². The highest BCUT2D eigenvalue weighted by Gasteiger charge is 2.29. The number of nitrogens with zero attached hydrogens (tertiary/aromatic N) is 3. The Balaban J connectivity index is 1.70. The van der Waals surface area contributed by atoms with Gasteiger partial charge in [0, 0.05) is 5.56 Å². The summed E-state index contributed by atoms with van der Waals surface area (Å²) in [4.78, 5) is 16.9. The lowest BCUT2D eigenvalue weighted by Crippen LogP contribution is -2.47. The van der Waals surface area contributed by atoms with Crippen molar-refractivity contribution >= 4 is 21.6 Å². The van der Waals surface area contributed by atoms with Crippen molar-refractivity contribution in [1.29, 1.82) is 0 Å². The zero-order chi connectivity index (χ0) is 21.9. The van der Waals surface area contributed by atoms with E-state index in [0.29, 0.717) is 11.5 Å². The zero-order valence-corrected chi connectivity index (χ0v) is 18.1. The molecule has 9 heteroatoms. The molecule has 1 aromatic heterocycles. The predicted molar refractivity (Wildman–Crippen MR) is 114 cm³/mol. The van der Waals surface area contributed by atoms with Crippen molar-refractivity contribution < 1.29 is 17.7 Å². The van der Waals surface area contributed by atoms with Gasteiger partial charge in [-0.25, -0.2) is 8.42 Å². The van der Waals surface area contributed by atoms with Gasteiger partial charge in [0.25, 0.3) is 0 Å². The number of rotatable bonds is 7. The standard InChI is InChI=1S/C21H24N4O4S/c1-14-5-9-17(10-6-14)20-23-19(29-24-20)13-22-21(26)16(3)25(30(4,27)28)18-11-7-15(2)8-12-18/h5-12,16H,13H2,1-4H3,(H,22,26)/t16-/m0/s1. The van der Waals surface area contributed by atoms with Crippen LogP contribution in [0.2, 0.25) is 0 Å². The number of carbonyl (C=O) groups excluding carboxylic acids is 1. The molecule has 0 bridgehead atoms. The molecule has 2 aromatic carbocycles. The third kappa shape index (κ3) is 5.04. The molecule has 3 aromatic rings. The van der Waals surface area contributed by atoms with E-state index in [9.17, 15) is 13.2 Å². The van der Waals surface area contributed by atoms with E-state index < -0.39 is 22.0 Å². The summed E-state index contributed by atoms with van der Waals surface area (Å²) in [6.45, 7) is 5.41. The van der Waals surface area contributed by atoms with Crippen LogP contribution >= 0.6 is 0 Å². The van der Waals surface area contributed by atoms with E-state index >= 15 is 0 Å². The Kier molecular flexibility index (Phi) is 6.21. The number of carbonyl (C=O) groups is 1. The SMILES string of the molecule is Cc1ccc(-c2noc(CNC(=O)[C@H](C)N(c3ccc(C)cc3)S(C)(=O)=O)n2)cc1. The number of amides is 1. The molecule has 8 nitrogen and oxygen atoms in total. The highest BCUT2D eigenvalue weighted by molar-refractivity contribution is 7.92. The van der Waals surface area contributed by atoms with Crippen molar-refractivity contribution in [2.45, 2.75) is 33.4 Å². The van der Waals surface area contributed by atoms with Crippen LogP contribution in [0.25, 0.3) is 11.4 Å². The first-order valence-electron chi connectivity index (χ1n) is 9.38. The van der Waals surface area contributed by atoms with Crippen LogP contribution in [0, 0.1) is 13.8 Å². The summed E-state index contributed by atoms with van der Waals surface area (Å²) in [5.74, 6) is 0.174. The number of sulfonamides is 1. The van der Waals surface area contributed by atoms with Crippen LogP contribution in [0.5, 0.6) is 0 Å². The Hall–Kier alpha value is -3.20. The molecule has 1 N–H and O–H groups in total. The van der Waals surface area contributed by atoms with Gasteiger partial charge < -0.3 is 9.84 Å². The van der Waals surface area contributed by atoms with E-state index in [2.05, 4.69) is 15.5 Å². The third-order valence-corrected chi connectivity index (χ3v) is 5.81. The summed E-state index contributed by atoms with van der Waals surface area (Å²) in [6.07, 6.45) is 1.07. The maximum atomic E-state index is 12.7. The lowest BCUT2D eigenvalue weighted by Gasteiger charge is -2.28. The summed E-state index contributed by atoms with van der Waals surface area (Å²) in [5.41, 5.74) is 3.33. The van der Waals surface area contributed by atoms with Gasteiger partial charge in [-0.1, -0.05) is 52.7 Å². The minimum absolute atomic E-state index is 0.00641. The van der Waals surface area contributed by atoms with Gasteiger partial charge in [-0.2, -0.15) is 4.98 Å². The number of nitrogens with one attached hydrogen (secondary N) is 1. The smallest absolute Gasteiger partial charge is 0.246 e. The molecule has 3 rings (SSSR count). The van der Waals surface area contributed by atoms with Gasteiger partial charge in [0.05, 0.1) is 18.5 Å². The summed E-state index contributed by atoms with van der Waals surface area (Å²) < 4.78 is 30.9. The van der Waals surface area contributed by atoms with Crippen LogP contribution in [-0.2, 0) is 21.4 Å². The Morgan fingerprint density at radius 1 is 1.07 bits per heavy atom. The van der Waals surface area contributed by atoms with Crippen molar-refractivity contribution in [3.63, 3.8) is 0 Å². The predicted octanol–water partition coefficient (Wildman–Crippen LogP) is 2.82. The normalized spacial score (nSPS) is 12.4. The van der Waals surface area contributed by atoms with Gasteiger partial charge >= 0.3 is 0 Å². The maximum absolute atomic E-state index is 12.7. The van der Waals surface area contributed by atoms with Crippen LogP contribution in [0.4, 0.5) is 5.69 Å². The van der Waals surface area contributed by atoms with Gasteiger partial charge in [-0.05, 0) is 32.9 Å². The summed E-state index contributed by atoms with van der Waals surface area (Å²) in [7, 11) is -3.67. The third-order valence-electron chi connectivity index (χ3n) is 4.57. The van der Waals surface area contributed by atoms with Crippen LogP contribution < -0.4 is 9.62 Å². The molecule has 0 aliphatic carbocycles. The first kappa shape index (κ1) is 21.5. The van der Waals surface area contributed by atoms with E-state index in [0.717, 1.165) is 27.3 Å². The first-order valence-corrected chi connectivity index (χ1v) is 11.2. The van der Waals surface area contributed by atoms with E-state index in [1.807, 2.05) is 38.1 Å². The van der Waals surface area contributed by atoms with Crippen molar-refractivity contribution in [2.24, 2.45) is 0 Å². The second kappa shape index (κ2) is 8.66. The average molecular weight is 429 g/mol. The fourth-order valence-corrected chi connectivity index (χ4v) is 4.13. The fourth-order valence-electron chi connectivity index (χ4n) is 2.96. The van der Waals surface area contributed by atoms with Gasteiger partial charge in [0.2, 0.25) is 27.6 Å². The molecule has 0 saturated heterocycles. The molecule has 0 unspecified atom stereocenters. The maximum Gasteiger partial charge on any atom is 0.246 e. The Morgan fingerprint density at radius 3 is 2.20 bits per heavy atom. The highest BCUT2D eigenvalue weighted by atomic mass is 32.2. The lowest BCUT2D eigenvalue weighted by molar-refractivity contribution is -0.122. The number of hydrogen-bond acceptors (Lipinski definition) is 6. The minimum Gasteiger partial charge on any atom is -0.345 e. The summed E-state index contributed by atoms with van der Waals surface area (Å²) in [6, 6.07) is 13.6. The second-order valence-electron chi connectivity index (χ2n) is 7.17. The van der Waals surface area contributed by atoms with Crippen molar-refractivity contribution in [3.8, 4) is 11.4 Å². The van der Waals surface area contributed by atoms with Crippen LogP contribution in [0.1, 0.15) is 23.9 Å². The Bertz CT molecular complexity index is 1120. The number of aromatic nitrogens is 2. The Morgan fingerprint density at radius 2 is 1.63 bits per heavy atom. The number of aryl methyl sites for hydroxylation is 2. The van der Waals surface area contributed by atoms with Gasteiger partial charge in [0.15, 0.2) is 0 Å². The molecule has 0 aliphatic heterocycles. The average Bonchev–Trinajstić information content (AvgIpc) is 3.16. The molecule has 0 saturated carbocycles. The van der Waals surface area contributed by atoms with Crippen molar-refractivity contribution in [1.82, 2.24) is 15.5 Å². The quantitative estimate of drug-likeness (QED) is 0.620. The largest absolute Gasteiger partial charge is 0.345 e. The minimum atomic E-state index is -3.67. The summed E-state index contributed by atoms with van der Waals surface area (Å²) >= 11 is 0. The molecule has 1 amide bonds. The monoisotopic (exact) mass is 428 g/mol. The molecule has 30 heavy (non-hydrogen) atoms. The zero-order valence-electron chi connectivity index (χ0n) is 17.3. The number of anilines is 1. The fraction of sp³-hybridized carbons (Fsp3) is 0.286. The van der Waals surface area contributed by atoms with Crippen LogP contribution in [-0.4, -0.2) is 36.8 Å². The van der Waals surface area contributed by atoms with E-state index in [1.54, 1.807) is 24.3 Å². The highest BCUT2D eigenvalue weighted by Crippen LogP contribution is 2.21. The van der Waals surface area contributed by atoms with E-state index in [4.69, 9.17) is 4.52 Å². The van der Waals surface area contributed by atoms with E-state index in [1.165, 1.54) is 6.92 Å². The van der Waals surface area contributed by atoms with E-state index in [-0.39, 0.29) is 12.4 Å². The molecule has 158 valence electrons. The molecule has 0 spiro atoms. The van der Waals surface area contributed by atoms with Gasteiger partial charge in [-0.3, -0.25) is 9.10 Å². The molecule has 0 fully saturated rings. The molecule has 0 aliphatic rings. The number of benzene rings is 2. The Labute approximate surface area is 176 Å². The van der Waals surface area contributed by atoms with Crippen molar-refractivity contribution in [2.75, 3.05) is 10.6 Å². The van der Waals surface area contributed by atoms with Crippen LogP contribution in [0.15, 0.2) is 53.1 Å². The summed E-state index contributed by atoms with van der Waals surface area (Å²) in [5, 5.41) is 6.59. The lowest BCUT2D eigenvalue weighted by atomic mass is 10.1. The molecule has 1 heterocycles.